The Morgan fingerprint density at radius 1 is 0.268 bits per heavy atom. The predicted octanol–water partition coefficient (Wildman–Crippen LogP) is 24.0. The molecule has 0 bridgehead atoms. The van der Waals surface area contributed by atoms with E-state index in [0.29, 0.717) is 0 Å². The molecule has 0 amide bonds. The van der Waals surface area contributed by atoms with Gasteiger partial charge in [0.2, 0.25) is 0 Å². The van der Waals surface area contributed by atoms with E-state index in [-0.39, 0.29) is 24.3 Å². The van der Waals surface area contributed by atoms with E-state index in [2.05, 4.69) is 436 Å². The average Bonchev–Trinajstić information content (AvgIpc) is 0.983. The van der Waals surface area contributed by atoms with Gasteiger partial charge in [-0.05, 0) is 168 Å². The van der Waals surface area contributed by atoms with Gasteiger partial charge in [-0.25, -0.2) is 0 Å². The van der Waals surface area contributed by atoms with Crippen LogP contribution in [0.3, 0.4) is 0 Å². The second-order valence-corrected chi connectivity index (χ2v) is 32.3. The number of aromatic nitrogens is 1. The topological polar surface area (TPSA) is 27.1 Å². The first-order valence-electron chi connectivity index (χ1n) is 39.2. The van der Waals surface area contributed by atoms with Crippen LogP contribution in [0.25, 0.3) is 72.0 Å². The van der Waals surface area contributed by atoms with Crippen molar-refractivity contribution in [2.75, 3.05) is 19.6 Å². The van der Waals surface area contributed by atoms with Gasteiger partial charge in [0.15, 0.2) is 0 Å². The molecule has 6 nitrogen and oxygen atoms in total. The van der Waals surface area contributed by atoms with Gasteiger partial charge in [0.25, 0.3) is 13.4 Å². The number of hydrogen-bond donors (Lipinski definition) is 0. The molecule has 17 aromatic rings. The van der Waals surface area contributed by atoms with E-state index in [1.54, 1.807) is 0 Å². The maximum Gasteiger partial charge on any atom is 0.256 e. The van der Waals surface area contributed by atoms with Crippen LogP contribution in [0.2, 0.25) is 0 Å². The minimum Gasteiger partial charge on any atom is -0.458 e. The highest BCUT2D eigenvalue weighted by Crippen LogP contribution is 2.55. The Hall–Kier alpha value is -13.6. The first-order valence-corrected chi connectivity index (χ1v) is 39.2. The van der Waals surface area contributed by atoms with Gasteiger partial charge in [0.1, 0.15) is 11.5 Å². The summed E-state index contributed by atoms with van der Waals surface area (Å²) < 4.78 is 10.8. The normalized spacial score (nSPS) is 13.1. The smallest absolute Gasteiger partial charge is 0.256 e. The van der Waals surface area contributed by atoms with Crippen LogP contribution in [-0.4, -0.2) is 18.0 Å². The lowest BCUT2D eigenvalue weighted by Crippen LogP contribution is -2.64. The van der Waals surface area contributed by atoms with E-state index >= 15 is 0 Å². The molecule has 0 radical (unpaired) electrons. The number of para-hydroxylation sites is 7. The van der Waals surface area contributed by atoms with Crippen molar-refractivity contribution in [3.8, 4) is 61.7 Å². The van der Waals surface area contributed by atoms with Crippen LogP contribution in [0.4, 0.5) is 68.2 Å². The molecule has 0 fully saturated rings. The second kappa shape index (κ2) is 26.1. The Labute approximate surface area is 656 Å². The van der Waals surface area contributed by atoms with Gasteiger partial charge in [-0.3, -0.25) is 0 Å². The van der Waals surface area contributed by atoms with Crippen LogP contribution in [0.5, 0.6) is 11.5 Å². The van der Waals surface area contributed by atoms with Gasteiger partial charge >= 0.3 is 0 Å². The molecule has 4 aliphatic heterocycles. The summed E-state index contributed by atoms with van der Waals surface area (Å²) in [6.07, 6.45) is 0. The molecule has 0 atom stereocenters. The van der Waals surface area contributed by atoms with E-state index in [0.717, 1.165) is 152 Å². The lowest BCUT2D eigenvalue weighted by Gasteiger charge is -2.46. The fraction of sp³-hybridized carbons (Fsp3) is 0.0769. The van der Waals surface area contributed by atoms with Crippen molar-refractivity contribution in [2.24, 2.45) is 0 Å². The summed E-state index contributed by atoms with van der Waals surface area (Å²) in [7, 11) is 0. The van der Waals surface area contributed by atoms with E-state index in [9.17, 15) is 0 Å². The van der Waals surface area contributed by atoms with Crippen LogP contribution < -0.4 is 57.1 Å². The van der Waals surface area contributed by atoms with Gasteiger partial charge in [0.05, 0.1) is 33.8 Å². The molecule has 0 aliphatic carbocycles. The Kier molecular flexibility index (Phi) is 15.5. The quantitative estimate of drug-likeness (QED) is 0.120. The lowest BCUT2D eigenvalue weighted by molar-refractivity contribution is 0.487. The van der Waals surface area contributed by atoms with Crippen molar-refractivity contribution in [1.29, 1.82) is 0 Å². The highest BCUT2D eigenvalue weighted by Gasteiger charge is 2.49. The largest absolute Gasteiger partial charge is 0.458 e. The maximum absolute atomic E-state index is 8.26. The van der Waals surface area contributed by atoms with Gasteiger partial charge < -0.3 is 28.9 Å². The summed E-state index contributed by atoms with van der Waals surface area (Å²) in [4.78, 5) is 10.2. The van der Waals surface area contributed by atoms with Crippen molar-refractivity contribution in [1.82, 2.24) is 4.57 Å². The molecule has 1 aromatic heterocycles. The lowest BCUT2D eigenvalue weighted by atomic mass is 9.30. The van der Waals surface area contributed by atoms with Gasteiger partial charge in [-0.1, -0.05) is 308 Å². The highest BCUT2D eigenvalue weighted by atomic mass is 16.5. The minimum atomic E-state index is -0.301. The third-order valence-electron chi connectivity index (χ3n) is 23.7. The third-order valence-corrected chi connectivity index (χ3v) is 23.7. The summed E-state index contributed by atoms with van der Waals surface area (Å²) in [6, 6.07) is 138. The van der Waals surface area contributed by atoms with Gasteiger partial charge in [-0.15, -0.1) is 0 Å². The maximum atomic E-state index is 8.26. The van der Waals surface area contributed by atoms with E-state index in [1.807, 2.05) is 0 Å². The number of nitrogens with zero attached hydrogens (tertiary/aromatic N) is 5. The molecule has 0 saturated carbocycles. The summed E-state index contributed by atoms with van der Waals surface area (Å²) in [5.74, 6) is 1.61. The number of rotatable bonds is 11. The van der Waals surface area contributed by atoms with E-state index < -0.39 is 0 Å². The Morgan fingerprint density at radius 3 is 1.12 bits per heavy atom. The van der Waals surface area contributed by atoms with Crippen LogP contribution in [-0.2, 0) is 10.8 Å². The summed E-state index contributed by atoms with van der Waals surface area (Å²) in [5, 5.41) is 2.45. The van der Waals surface area contributed by atoms with Crippen molar-refractivity contribution in [3.63, 3.8) is 0 Å². The molecule has 5 heterocycles. The summed E-state index contributed by atoms with van der Waals surface area (Å²) in [5.41, 5.74) is 34.5. The predicted molar refractivity (Wildman–Crippen MR) is 474 cm³/mol. The highest BCUT2D eigenvalue weighted by molar-refractivity contribution is 7.02. The fourth-order valence-corrected chi connectivity index (χ4v) is 18.5. The molecule has 0 N–H and O–H groups in total. The molecule has 4 aliphatic rings. The number of anilines is 12. The Balaban J connectivity index is 0.897. The number of fused-ring (bicyclic) bond motifs is 11. The second-order valence-electron chi connectivity index (χ2n) is 32.3. The van der Waals surface area contributed by atoms with E-state index in [4.69, 9.17) is 4.74 Å². The first-order chi connectivity index (χ1) is 54.9. The molecule has 21 rings (SSSR count). The molecular formula is C104H79B2N5O. The molecule has 0 spiro atoms. The standard InChI is InChI=1S/C104H79B2N5O/c1-103(2,3)72-56-58-89-83(60-72)84-61-73(104(4,5)6)57-59-90(84)109(89)78-64-96-100-98(65-78)112-97-67-93-87(66-88(97)106(100)86-53-29-31-55-92(86)110(96)101-79(68-34-14-7-15-35-68)48-32-49-80(101)69-36-16-8-17-37-69)105-85-52-28-30-54-91(85)108(76-46-26-13-27-47-76)94-62-77(107(74-42-22-11-23-43-74)75-44-24-12-25-45-75)63-95(99(94)105)111(93)102-81(70-38-18-9-19-39-70)50-33-51-82(102)71-40-20-10-21-41-71/h7-67H,1-6H3. The van der Waals surface area contributed by atoms with Gasteiger partial charge in [-0.2, -0.15) is 0 Å². The van der Waals surface area contributed by atoms with Crippen LogP contribution in [0.1, 0.15) is 52.7 Å². The molecule has 8 heteroatoms. The van der Waals surface area contributed by atoms with Crippen molar-refractivity contribution < 1.29 is 4.74 Å². The van der Waals surface area contributed by atoms with E-state index in [1.165, 1.54) is 43.8 Å². The summed E-state index contributed by atoms with van der Waals surface area (Å²) in [6.45, 7) is 13.4. The first kappa shape index (κ1) is 66.6. The number of benzene rings is 16. The minimum absolute atomic E-state index is 0.0886. The molecule has 0 unspecified atom stereocenters. The fourth-order valence-electron chi connectivity index (χ4n) is 18.5. The molecule has 16 aromatic carbocycles. The zero-order valence-electron chi connectivity index (χ0n) is 63.5. The summed E-state index contributed by atoms with van der Waals surface area (Å²) >= 11 is 0. The average molecular weight is 1440 g/mol. The number of hydrogen-bond acceptors (Lipinski definition) is 5. The van der Waals surface area contributed by atoms with Crippen molar-refractivity contribution in [3.05, 3.63) is 381 Å². The molecule has 532 valence electrons. The molecule has 112 heavy (non-hydrogen) atoms. The monoisotopic (exact) mass is 1440 g/mol. The third kappa shape index (κ3) is 10.7. The zero-order chi connectivity index (χ0) is 75.1. The Morgan fingerprint density at radius 2 is 0.661 bits per heavy atom. The zero-order valence-corrected chi connectivity index (χ0v) is 63.5. The van der Waals surface area contributed by atoms with Crippen LogP contribution in [0.15, 0.2) is 370 Å². The van der Waals surface area contributed by atoms with Crippen molar-refractivity contribution in [2.45, 2.75) is 52.4 Å². The Bertz CT molecular complexity index is 6350. The van der Waals surface area contributed by atoms with Crippen LogP contribution >= 0.6 is 0 Å². The van der Waals surface area contributed by atoms with Gasteiger partial charge in [0, 0.05) is 96.3 Å². The number of ether oxygens (including phenoxy) is 1. The molecule has 0 saturated heterocycles. The van der Waals surface area contributed by atoms with Crippen molar-refractivity contribution >= 4 is 136 Å². The SMILES string of the molecule is CC(C)(C)c1ccc2c(c1)c1cc(C(C)(C)C)ccc1n2-c1cc2c3c(c1)N(c1c(-c4ccccc4)cccc1-c1ccccc1)c1ccccc1B3c1cc3c(cc1O2)N(c1c(-c2ccccc2)cccc1-c1ccccc1)c1cc(N(c2ccccc2)c2ccccc2)cc2c1B3c1ccccc1N2c1ccccc1. The van der Waals surface area contributed by atoms with Crippen LogP contribution in [0, 0.1) is 0 Å². The molecular weight excluding hydrogens is 1360 g/mol.